The Kier molecular flexibility index (Phi) is 4.63. The fourth-order valence-electron chi connectivity index (χ4n) is 2.53. The Morgan fingerprint density at radius 3 is 2.63 bits per heavy atom. The lowest BCUT2D eigenvalue weighted by Crippen LogP contribution is -2.34. The normalized spacial score (nSPS) is 18.2. The van der Waals surface area contributed by atoms with Gasteiger partial charge in [0.05, 0.1) is 12.7 Å². The third kappa shape index (κ3) is 4.32. The molecule has 1 aliphatic heterocycles. The Morgan fingerprint density at radius 1 is 1.37 bits per heavy atom. The highest BCUT2D eigenvalue weighted by Gasteiger charge is 2.20. The van der Waals surface area contributed by atoms with E-state index in [4.69, 9.17) is 4.42 Å². The summed E-state index contributed by atoms with van der Waals surface area (Å²) >= 11 is 0. The minimum Gasteiger partial charge on any atom is -0.444 e. The van der Waals surface area contributed by atoms with Crippen molar-refractivity contribution in [3.63, 3.8) is 0 Å². The van der Waals surface area contributed by atoms with Gasteiger partial charge in [-0.05, 0) is 38.9 Å². The third-order valence-electron chi connectivity index (χ3n) is 3.73. The maximum Gasteiger partial charge on any atom is 0.208 e. The molecule has 0 atom stereocenters. The van der Waals surface area contributed by atoms with Crippen molar-refractivity contribution >= 4 is 0 Å². The van der Waals surface area contributed by atoms with Gasteiger partial charge in [0.25, 0.3) is 0 Å². The second-order valence-corrected chi connectivity index (χ2v) is 6.76. The van der Waals surface area contributed by atoms with Crippen molar-refractivity contribution in [1.29, 1.82) is 0 Å². The number of piperidine rings is 1. The average molecular weight is 265 g/mol. The van der Waals surface area contributed by atoms with Crippen LogP contribution in [0.2, 0.25) is 0 Å². The molecule has 0 saturated carbocycles. The summed E-state index contributed by atoms with van der Waals surface area (Å²) in [5, 5.41) is 3.41. The van der Waals surface area contributed by atoms with Crippen molar-refractivity contribution in [2.45, 2.75) is 45.6 Å². The van der Waals surface area contributed by atoms with Gasteiger partial charge in [-0.1, -0.05) is 20.8 Å². The standard InChI is InChI=1S/C15H27N3O/c1-15(2,3)13-9-17-14(19-13)11-18(4)10-12-5-7-16-8-6-12/h9,12,16H,5-8,10-11H2,1-4H3. The van der Waals surface area contributed by atoms with Crippen molar-refractivity contribution in [3.8, 4) is 0 Å². The van der Waals surface area contributed by atoms with E-state index in [9.17, 15) is 0 Å². The maximum atomic E-state index is 5.84. The van der Waals surface area contributed by atoms with Crippen molar-refractivity contribution in [1.82, 2.24) is 15.2 Å². The first kappa shape index (κ1) is 14.5. The van der Waals surface area contributed by atoms with Gasteiger partial charge in [0.1, 0.15) is 5.76 Å². The summed E-state index contributed by atoms with van der Waals surface area (Å²) in [5.41, 5.74) is 0.0405. The summed E-state index contributed by atoms with van der Waals surface area (Å²) in [6.07, 6.45) is 4.43. The fraction of sp³-hybridized carbons (Fsp3) is 0.800. The second-order valence-electron chi connectivity index (χ2n) is 6.76. The van der Waals surface area contributed by atoms with Gasteiger partial charge in [-0.2, -0.15) is 0 Å². The van der Waals surface area contributed by atoms with Gasteiger partial charge in [0.15, 0.2) is 0 Å². The van der Waals surface area contributed by atoms with E-state index < -0.39 is 0 Å². The molecule has 0 aromatic carbocycles. The van der Waals surface area contributed by atoms with Crippen LogP contribution in [0, 0.1) is 5.92 Å². The van der Waals surface area contributed by atoms with Crippen LogP contribution in [0.3, 0.4) is 0 Å². The van der Waals surface area contributed by atoms with Crippen molar-refractivity contribution in [2.75, 3.05) is 26.7 Å². The minimum absolute atomic E-state index is 0.0405. The van der Waals surface area contributed by atoms with Crippen LogP contribution in [0.5, 0.6) is 0 Å². The van der Waals surface area contributed by atoms with Crippen molar-refractivity contribution in [3.05, 3.63) is 17.8 Å². The molecule has 19 heavy (non-hydrogen) atoms. The molecular formula is C15H27N3O. The van der Waals surface area contributed by atoms with Crippen LogP contribution in [-0.4, -0.2) is 36.6 Å². The van der Waals surface area contributed by atoms with E-state index in [1.807, 2.05) is 6.20 Å². The van der Waals surface area contributed by atoms with Crippen LogP contribution in [0.1, 0.15) is 45.3 Å². The van der Waals surface area contributed by atoms with Crippen LogP contribution in [-0.2, 0) is 12.0 Å². The maximum absolute atomic E-state index is 5.84. The van der Waals surface area contributed by atoms with Crippen LogP contribution in [0.15, 0.2) is 10.6 Å². The summed E-state index contributed by atoms with van der Waals surface area (Å²) in [5.74, 6) is 2.61. The first-order chi connectivity index (χ1) is 8.95. The first-order valence-electron chi connectivity index (χ1n) is 7.29. The zero-order valence-electron chi connectivity index (χ0n) is 12.7. The van der Waals surface area contributed by atoms with Gasteiger partial charge < -0.3 is 9.73 Å². The molecule has 1 saturated heterocycles. The molecule has 0 unspecified atom stereocenters. The fourth-order valence-corrected chi connectivity index (χ4v) is 2.53. The quantitative estimate of drug-likeness (QED) is 0.907. The Bertz CT molecular complexity index is 388. The minimum atomic E-state index is 0.0405. The molecule has 108 valence electrons. The van der Waals surface area contributed by atoms with Gasteiger partial charge in [0, 0.05) is 12.0 Å². The molecule has 1 N–H and O–H groups in total. The van der Waals surface area contributed by atoms with Crippen LogP contribution in [0.4, 0.5) is 0 Å². The van der Waals surface area contributed by atoms with Gasteiger partial charge in [0.2, 0.25) is 5.89 Å². The van der Waals surface area contributed by atoms with E-state index in [1.54, 1.807) is 0 Å². The van der Waals surface area contributed by atoms with Crippen LogP contribution < -0.4 is 5.32 Å². The summed E-state index contributed by atoms with van der Waals surface area (Å²) in [6.45, 7) is 10.7. The smallest absolute Gasteiger partial charge is 0.208 e. The summed E-state index contributed by atoms with van der Waals surface area (Å²) in [6, 6.07) is 0. The van der Waals surface area contributed by atoms with E-state index in [0.717, 1.165) is 43.7 Å². The molecule has 0 radical (unpaired) electrons. The number of oxazole rings is 1. The average Bonchev–Trinajstić information content (AvgIpc) is 2.78. The molecule has 2 rings (SSSR count). The highest BCUT2D eigenvalue weighted by molar-refractivity contribution is 5.05. The zero-order chi connectivity index (χ0) is 13.9. The molecule has 0 spiro atoms. The zero-order valence-corrected chi connectivity index (χ0v) is 12.7. The Morgan fingerprint density at radius 2 is 2.05 bits per heavy atom. The van der Waals surface area contributed by atoms with Crippen LogP contribution >= 0.6 is 0 Å². The summed E-state index contributed by atoms with van der Waals surface area (Å²) in [7, 11) is 2.16. The third-order valence-corrected chi connectivity index (χ3v) is 3.73. The lowest BCUT2D eigenvalue weighted by atomic mass is 9.94. The topological polar surface area (TPSA) is 41.3 Å². The SMILES string of the molecule is CN(Cc1ncc(C(C)(C)C)o1)CC1CCNCC1. The van der Waals surface area contributed by atoms with E-state index in [1.165, 1.54) is 12.8 Å². The Hall–Kier alpha value is -0.870. The molecule has 0 aliphatic carbocycles. The van der Waals surface area contributed by atoms with E-state index in [2.05, 4.69) is 43.0 Å². The molecule has 0 bridgehead atoms. The molecule has 1 fully saturated rings. The van der Waals surface area contributed by atoms with Gasteiger partial charge in [-0.3, -0.25) is 4.90 Å². The number of nitrogens with zero attached hydrogens (tertiary/aromatic N) is 2. The highest BCUT2D eigenvalue weighted by Crippen LogP contribution is 2.23. The van der Waals surface area contributed by atoms with Crippen molar-refractivity contribution in [2.24, 2.45) is 5.92 Å². The van der Waals surface area contributed by atoms with E-state index >= 15 is 0 Å². The summed E-state index contributed by atoms with van der Waals surface area (Å²) in [4.78, 5) is 6.72. The molecule has 1 aliphatic rings. The number of rotatable bonds is 4. The monoisotopic (exact) mass is 265 g/mol. The Balaban J connectivity index is 1.84. The largest absolute Gasteiger partial charge is 0.444 e. The number of hydrogen-bond donors (Lipinski definition) is 1. The lowest BCUT2D eigenvalue weighted by molar-refractivity contribution is 0.214. The van der Waals surface area contributed by atoms with Gasteiger partial charge in [-0.15, -0.1) is 0 Å². The number of aromatic nitrogens is 1. The Labute approximate surface area is 116 Å². The highest BCUT2D eigenvalue weighted by atomic mass is 16.4. The van der Waals surface area contributed by atoms with Gasteiger partial charge >= 0.3 is 0 Å². The lowest BCUT2D eigenvalue weighted by Gasteiger charge is -2.26. The first-order valence-corrected chi connectivity index (χ1v) is 7.29. The van der Waals surface area contributed by atoms with E-state index in [0.29, 0.717) is 0 Å². The molecular weight excluding hydrogens is 238 g/mol. The molecule has 1 aromatic rings. The van der Waals surface area contributed by atoms with E-state index in [-0.39, 0.29) is 5.41 Å². The molecule has 2 heterocycles. The predicted molar refractivity (Wildman–Crippen MR) is 77.1 cm³/mol. The number of hydrogen-bond acceptors (Lipinski definition) is 4. The van der Waals surface area contributed by atoms with Gasteiger partial charge in [-0.25, -0.2) is 4.98 Å². The van der Waals surface area contributed by atoms with Crippen LogP contribution in [0.25, 0.3) is 0 Å². The number of nitrogens with one attached hydrogen (secondary N) is 1. The molecule has 1 aromatic heterocycles. The predicted octanol–water partition coefficient (Wildman–Crippen LogP) is 2.40. The molecule has 4 heteroatoms. The van der Waals surface area contributed by atoms with Crippen molar-refractivity contribution < 1.29 is 4.42 Å². The molecule has 0 amide bonds. The molecule has 4 nitrogen and oxygen atoms in total. The second kappa shape index (κ2) is 6.06. The summed E-state index contributed by atoms with van der Waals surface area (Å²) < 4.78 is 5.84.